The predicted molar refractivity (Wildman–Crippen MR) is 71.5 cm³/mol. The fourth-order valence-corrected chi connectivity index (χ4v) is 2.20. The summed E-state index contributed by atoms with van der Waals surface area (Å²) < 4.78 is 36.9. The first kappa shape index (κ1) is 15.8. The minimum Gasteiger partial charge on any atom is -0.382 e. The van der Waals surface area contributed by atoms with Crippen molar-refractivity contribution in [3.63, 3.8) is 0 Å². The summed E-state index contributed by atoms with van der Waals surface area (Å²) in [5.41, 5.74) is 0.249. The van der Waals surface area contributed by atoms with Crippen LogP contribution >= 0.6 is 0 Å². The van der Waals surface area contributed by atoms with Crippen molar-refractivity contribution in [2.75, 3.05) is 40.0 Å². The van der Waals surface area contributed by atoms with Crippen molar-refractivity contribution in [1.29, 1.82) is 0 Å². The average molecular weight is 300 g/mol. The van der Waals surface area contributed by atoms with Gasteiger partial charge in [0, 0.05) is 25.3 Å². The molecule has 5 nitrogen and oxygen atoms in total. The Labute approximate surface area is 121 Å². The molecule has 1 atom stereocenters. The monoisotopic (exact) mass is 300 g/mol. The highest BCUT2D eigenvalue weighted by Crippen LogP contribution is 2.25. The highest BCUT2D eigenvalue weighted by atomic mass is 19.1. The lowest BCUT2D eigenvalue weighted by atomic mass is 10.1. The normalized spacial score (nSPS) is 18.5. The van der Waals surface area contributed by atoms with Crippen molar-refractivity contribution in [3.8, 4) is 0 Å². The van der Waals surface area contributed by atoms with Crippen molar-refractivity contribution < 1.29 is 23.0 Å². The summed E-state index contributed by atoms with van der Waals surface area (Å²) >= 11 is 0. The Morgan fingerprint density at radius 2 is 2.14 bits per heavy atom. The number of nitrogens with one attached hydrogen (secondary N) is 1. The topological polar surface area (TPSA) is 50.8 Å². The van der Waals surface area contributed by atoms with Crippen LogP contribution in [0, 0.1) is 11.6 Å². The van der Waals surface area contributed by atoms with E-state index in [4.69, 9.17) is 9.47 Å². The number of carbonyl (C=O) groups excluding carboxylic acids is 1. The number of halogens is 2. The van der Waals surface area contributed by atoms with Gasteiger partial charge in [-0.15, -0.1) is 0 Å². The Kier molecular flexibility index (Phi) is 5.60. The second-order valence-corrected chi connectivity index (χ2v) is 4.64. The third kappa shape index (κ3) is 3.96. The SMILES string of the molecule is COCCOCCN1C(=O)CNC1c1ccc(F)cc1F. The number of hydrogen-bond donors (Lipinski definition) is 1. The van der Waals surface area contributed by atoms with E-state index in [1.165, 1.54) is 17.0 Å². The molecule has 0 radical (unpaired) electrons. The number of carbonyl (C=O) groups is 1. The summed E-state index contributed by atoms with van der Waals surface area (Å²) in [6.45, 7) is 1.69. The highest BCUT2D eigenvalue weighted by molar-refractivity contribution is 5.80. The standard InChI is InChI=1S/C14H18F2N2O3/c1-20-6-7-21-5-4-18-13(19)9-17-14(18)11-3-2-10(15)8-12(11)16/h2-3,8,14,17H,4-7,9H2,1H3. The van der Waals surface area contributed by atoms with Gasteiger partial charge in [-0.1, -0.05) is 0 Å². The van der Waals surface area contributed by atoms with E-state index in [0.717, 1.165) is 6.07 Å². The maximum Gasteiger partial charge on any atom is 0.238 e. The number of hydrogen-bond acceptors (Lipinski definition) is 4. The average Bonchev–Trinajstić information content (AvgIpc) is 2.80. The molecule has 0 spiro atoms. The van der Waals surface area contributed by atoms with Crippen molar-refractivity contribution in [2.24, 2.45) is 0 Å². The summed E-state index contributed by atoms with van der Waals surface area (Å²) in [4.78, 5) is 13.3. The quantitative estimate of drug-likeness (QED) is 0.765. The van der Waals surface area contributed by atoms with Crippen LogP contribution in [-0.4, -0.2) is 50.8 Å². The van der Waals surface area contributed by atoms with Gasteiger partial charge >= 0.3 is 0 Å². The summed E-state index contributed by atoms with van der Waals surface area (Å²) in [5, 5.41) is 2.92. The molecule has 21 heavy (non-hydrogen) atoms. The molecular formula is C14H18F2N2O3. The lowest BCUT2D eigenvalue weighted by Crippen LogP contribution is -2.34. The van der Waals surface area contributed by atoms with E-state index in [1.807, 2.05) is 0 Å². The number of amides is 1. The summed E-state index contributed by atoms with van der Waals surface area (Å²) in [5.74, 6) is -1.46. The van der Waals surface area contributed by atoms with Gasteiger partial charge in [0.1, 0.15) is 17.8 Å². The van der Waals surface area contributed by atoms with Gasteiger partial charge in [0.25, 0.3) is 0 Å². The highest BCUT2D eigenvalue weighted by Gasteiger charge is 2.32. The first-order valence-corrected chi connectivity index (χ1v) is 6.68. The van der Waals surface area contributed by atoms with Gasteiger partial charge in [-0.25, -0.2) is 8.78 Å². The zero-order valence-electron chi connectivity index (χ0n) is 11.8. The third-order valence-corrected chi connectivity index (χ3v) is 3.24. The second kappa shape index (κ2) is 7.44. The van der Waals surface area contributed by atoms with Gasteiger partial charge in [-0.3, -0.25) is 10.1 Å². The molecule has 1 fully saturated rings. The molecule has 1 amide bonds. The van der Waals surface area contributed by atoms with Gasteiger partial charge in [0.05, 0.1) is 26.4 Å². The zero-order chi connectivity index (χ0) is 15.2. The summed E-state index contributed by atoms with van der Waals surface area (Å²) in [6.07, 6.45) is -0.593. The first-order valence-electron chi connectivity index (χ1n) is 6.68. The second-order valence-electron chi connectivity index (χ2n) is 4.64. The minimum absolute atomic E-state index is 0.125. The summed E-state index contributed by atoms with van der Waals surface area (Å²) in [6, 6.07) is 3.34. The molecule has 1 aliphatic heterocycles. The van der Waals surface area contributed by atoms with Gasteiger partial charge < -0.3 is 14.4 Å². The maximum atomic E-state index is 13.8. The molecule has 1 N–H and O–H groups in total. The molecule has 0 aliphatic carbocycles. The molecular weight excluding hydrogens is 282 g/mol. The van der Waals surface area contributed by atoms with Crippen LogP contribution in [0.25, 0.3) is 0 Å². The Balaban J connectivity index is 1.99. The smallest absolute Gasteiger partial charge is 0.238 e. The Hall–Kier alpha value is -1.57. The van der Waals surface area contributed by atoms with Crippen LogP contribution in [0.1, 0.15) is 11.7 Å². The lowest BCUT2D eigenvalue weighted by molar-refractivity contribution is -0.128. The molecule has 1 saturated heterocycles. The molecule has 0 aromatic heterocycles. The first-order chi connectivity index (χ1) is 10.1. The van der Waals surface area contributed by atoms with Crippen molar-refractivity contribution in [1.82, 2.24) is 10.2 Å². The third-order valence-electron chi connectivity index (χ3n) is 3.24. The van der Waals surface area contributed by atoms with Crippen LogP contribution in [0.2, 0.25) is 0 Å². The van der Waals surface area contributed by atoms with E-state index in [0.29, 0.717) is 26.4 Å². The predicted octanol–water partition coefficient (Wildman–Crippen LogP) is 1.06. The molecule has 0 bridgehead atoms. The van der Waals surface area contributed by atoms with Crippen LogP contribution in [-0.2, 0) is 14.3 Å². The molecule has 116 valence electrons. The van der Waals surface area contributed by atoms with Gasteiger partial charge in [0.15, 0.2) is 0 Å². The Morgan fingerprint density at radius 3 is 2.86 bits per heavy atom. The summed E-state index contributed by atoms with van der Waals surface area (Å²) in [7, 11) is 1.57. The van der Waals surface area contributed by atoms with E-state index in [2.05, 4.69) is 5.32 Å². The van der Waals surface area contributed by atoms with Gasteiger partial charge in [-0.05, 0) is 12.1 Å². The number of benzene rings is 1. The molecule has 1 unspecified atom stereocenters. The van der Waals surface area contributed by atoms with Gasteiger partial charge in [0.2, 0.25) is 5.91 Å². The van der Waals surface area contributed by atoms with Crippen molar-refractivity contribution >= 4 is 5.91 Å². The number of ether oxygens (including phenoxy) is 2. The molecule has 1 aliphatic rings. The van der Waals surface area contributed by atoms with Gasteiger partial charge in [-0.2, -0.15) is 0 Å². The minimum atomic E-state index is -0.674. The van der Waals surface area contributed by atoms with Crippen molar-refractivity contribution in [2.45, 2.75) is 6.17 Å². The number of methoxy groups -OCH3 is 1. The molecule has 1 heterocycles. The van der Waals surface area contributed by atoms with Crippen LogP contribution in [0.5, 0.6) is 0 Å². The molecule has 0 saturated carbocycles. The molecule has 1 aromatic rings. The van der Waals surface area contributed by atoms with Crippen LogP contribution in [0.15, 0.2) is 18.2 Å². The van der Waals surface area contributed by atoms with Crippen LogP contribution in [0.4, 0.5) is 8.78 Å². The number of rotatable bonds is 7. The van der Waals surface area contributed by atoms with Crippen molar-refractivity contribution in [3.05, 3.63) is 35.4 Å². The maximum absolute atomic E-state index is 13.8. The molecule has 2 rings (SSSR count). The molecule has 7 heteroatoms. The van der Waals surface area contributed by atoms with E-state index >= 15 is 0 Å². The lowest BCUT2D eigenvalue weighted by Gasteiger charge is -2.25. The number of nitrogens with zero attached hydrogens (tertiary/aromatic N) is 1. The van der Waals surface area contributed by atoms with Crippen LogP contribution < -0.4 is 5.32 Å². The molecule has 1 aromatic carbocycles. The Morgan fingerprint density at radius 1 is 1.33 bits per heavy atom. The zero-order valence-corrected chi connectivity index (χ0v) is 11.8. The van der Waals surface area contributed by atoms with E-state index in [9.17, 15) is 13.6 Å². The fraction of sp³-hybridized carbons (Fsp3) is 0.500. The fourth-order valence-electron chi connectivity index (χ4n) is 2.20. The van der Waals surface area contributed by atoms with E-state index in [1.54, 1.807) is 7.11 Å². The van der Waals surface area contributed by atoms with E-state index in [-0.39, 0.29) is 18.0 Å². The Bertz CT molecular complexity index is 499. The van der Waals surface area contributed by atoms with Crippen LogP contribution in [0.3, 0.4) is 0 Å². The van der Waals surface area contributed by atoms with E-state index < -0.39 is 17.8 Å². The largest absolute Gasteiger partial charge is 0.382 e.